The smallest absolute Gasteiger partial charge is 0.244 e. The van der Waals surface area contributed by atoms with Crippen LogP contribution in [0.1, 0.15) is 17.5 Å². The first-order valence-corrected chi connectivity index (χ1v) is 9.23. The van der Waals surface area contributed by atoms with E-state index in [1.165, 1.54) is 6.08 Å². The molecule has 1 aromatic carbocycles. The van der Waals surface area contributed by atoms with E-state index in [2.05, 4.69) is 22.4 Å². The first-order valence-electron chi connectivity index (χ1n) is 9.23. The Morgan fingerprint density at radius 1 is 1.21 bits per heavy atom. The van der Waals surface area contributed by atoms with E-state index in [0.717, 1.165) is 28.8 Å². The third-order valence-electron chi connectivity index (χ3n) is 4.15. The highest BCUT2D eigenvalue weighted by molar-refractivity contribution is 5.92. The van der Waals surface area contributed by atoms with Gasteiger partial charge in [0, 0.05) is 56.1 Å². The Balaban J connectivity index is 1.78. The Kier molecular flexibility index (Phi) is 7.09. The molecule has 0 saturated heterocycles. The van der Waals surface area contributed by atoms with Gasteiger partial charge < -0.3 is 10.1 Å². The molecule has 6 nitrogen and oxygen atoms in total. The van der Waals surface area contributed by atoms with Crippen molar-refractivity contribution in [3.05, 3.63) is 78.3 Å². The number of hydrogen-bond acceptors (Lipinski definition) is 4. The average molecular weight is 376 g/mol. The second-order valence-electron chi connectivity index (χ2n) is 6.33. The van der Waals surface area contributed by atoms with Crippen LogP contribution >= 0.6 is 0 Å². The molecule has 3 rings (SSSR count). The van der Waals surface area contributed by atoms with Gasteiger partial charge in [-0.05, 0) is 30.2 Å². The molecule has 0 unspecified atom stereocenters. The molecular weight excluding hydrogens is 352 g/mol. The molecule has 0 fully saturated rings. The number of nitrogens with zero attached hydrogens (tertiary/aromatic N) is 3. The van der Waals surface area contributed by atoms with E-state index in [0.29, 0.717) is 19.7 Å². The Hall–Kier alpha value is -3.25. The number of carbonyl (C=O) groups is 1. The molecule has 144 valence electrons. The maximum atomic E-state index is 12.0. The molecule has 0 spiro atoms. The van der Waals surface area contributed by atoms with Gasteiger partial charge in [-0.3, -0.25) is 14.5 Å². The highest BCUT2D eigenvalue weighted by Gasteiger charge is 2.10. The van der Waals surface area contributed by atoms with Crippen molar-refractivity contribution in [3.8, 4) is 11.3 Å². The van der Waals surface area contributed by atoms with Gasteiger partial charge in [0.25, 0.3) is 0 Å². The molecular formula is C22H24N4O2. The number of aromatic nitrogens is 3. The van der Waals surface area contributed by atoms with Crippen LogP contribution in [0.25, 0.3) is 17.3 Å². The van der Waals surface area contributed by atoms with E-state index in [1.807, 2.05) is 41.2 Å². The van der Waals surface area contributed by atoms with Gasteiger partial charge in [0.05, 0.1) is 6.54 Å². The predicted octanol–water partition coefficient (Wildman–Crippen LogP) is 3.16. The fourth-order valence-corrected chi connectivity index (χ4v) is 2.79. The van der Waals surface area contributed by atoms with Crippen LogP contribution in [0, 0.1) is 0 Å². The van der Waals surface area contributed by atoms with Gasteiger partial charge in [-0.2, -0.15) is 5.10 Å². The summed E-state index contributed by atoms with van der Waals surface area (Å²) in [6, 6.07) is 14.0. The standard InChI is InChI=1S/C22H24N4O2/c1-28-14-6-13-24-21(27)11-10-20-17-26(16-18-7-3-2-4-8-18)25-22(20)19-9-5-12-23-15-19/h2-5,7-12,15,17H,6,13-14,16H2,1H3,(H,24,27)/b11-10+. The van der Waals surface area contributed by atoms with Crippen LogP contribution in [0.15, 0.2) is 67.1 Å². The third-order valence-corrected chi connectivity index (χ3v) is 4.15. The number of ether oxygens (including phenoxy) is 1. The molecule has 0 aliphatic heterocycles. The Labute approximate surface area is 164 Å². The van der Waals surface area contributed by atoms with Crippen molar-refractivity contribution in [2.24, 2.45) is 0 Å². The molecule has 0 radical (unpaired) electrons. The van der Waals surface area contributed by atoms with Gasteiger partial charge in [0.15, 0.2) is 0 Å². The van der Waals surface area contributed by atoms with Crippen molar-refractivity contribution in [1.29, 1.82) is 0 Å². The number of carbonyl (C=O) groups excluding carboxylic acids is 1. The number of benzene rings is 1. The fourth-order valence-electron chi connectivity index (χ4n) is 2.79. The molecule has 0 aliphatic rings. The van der Waals surface area contributed by atoms with E-state index in [9.17, 15) is 4.79 Å². The fraction of sp³-hybridized carbons (Fsp3) is 0.227. The predicted molar refractivity (Wildman–Crippen MR) is 110 cm³/mol. The number of amides is 1. The van der Waals surface area contributed by atoms with E-state index in [-0.39, 0.29) is 5.91 Å². The molecule has 28 heavy (non-hydrogen) atoms. The van der Waals surface area contributed by atoms with Crippen LogP contribution in [0.3, 0.4) is 0 Å². The lowest BCUT2D eigenvalue weighted by atomic mass is 10.1. The minimum Gasteiger partial charge on any atom is -0.385 e. The molecule has 0 bridgehead atoms. The molecule has 0 aliphatic carbocycles. The second-order valence-corrected chi connectivity index (χ2v) is 6.33. The van der Waals surface area contributed by atoms with Crippen molar-refractivity contribution in [2.45, 2.75) is 13.0 Å². The summed E-state index contributed by atoms with van der Waals surface area (Å²) in [7, 11) is 1.65. The molecule has 6 heteroatoms. The van der Waals surface area contributed by atoms with Gasteiger partial charge in [-0.15, -0.1) is 0 Å². The monoisotopic (exact) mass is 376 g/mol. The lowest BCUT2D eigenvalue weighted by molar-refractivity contribution is -0.116. The SMILES string of the molecule is COCCCNC(=O)/C=C/c1cn(Cc2ccccc2)nc1-c1cccnc1. The van der Waals surface area contributed by atoms with Crippen molar-refractivity contribution in [3.63, 3.8) is 0 Å². The van der Waals surface area contributed by atoms with Crippen LogP contribution in [0.5, 0.6) is 0 Å². The van der Waals surface area contributed by atoms with Crippen LogP contribution in [-0.2, 0) is 16.1 Å². The Bertz CT molecular complexity index is 905. The van der Waals surface area contributed by atoms with Crippen LogP contribution < -0.4 is 5.32 Å². The first-order chi connectivity index (χ1) is 13.8. The van der Waals surface area contributed by atoms with Crippen molar-refractivity contribution >= 4 is 12.0 Å². The topological polar surface area (TPSA) is 69.0 Å². The van der Waals surface area contributed by atoms with Crippen molar-refractivity contribution in [1.82, 2.24) is 20.1 Å². The highest BCUT2D eigenvalue weighted by atomic mass is 16.5. The summed E-state index contributed by atoms with van der Waals surface area (Å²) in [5.41, 5.74) is 3.74. The number of rotatable bonds is 9. The molecule has 1 N–H and O–H groups in total. The summed E-state index contributed by atoms with van der Waals surface area (Å²) < 4.78 is 6.87. The number of nitrogens with one attached hydrogen (secondary N) is 1. The van der Waals surface area contributed by atoms with Crippen LogP contribution in [0.2, 0.25) is 0 Å². The lowest BCUT2D eigenvalue weighted by Gasteiger charge is -2.01. The van der Waals surface area contributed by atoms with E-state index in [1.54, 1.807) is 25.6 Å². The molecule has 1 amide bonds. The number of pyridine rings is 1. The summed E-state index contributed by atoms with van der Waals surface area (Å²) in [4.78, 5) is 16.2. The van der Waals surface area contributed by atoms with Crippen LogP contribution in [-0.4, -0.2) is 40.9 Å². The van der Waals surface area contributed by atoms with Gasteiger partial charge in [0.2, 0.25) is 5.91 Å². The summed E-state index contributed by atoms with van der Waals surface area (Å²) in [6.45, 7) is 1.87. The summed E-state index contributed by atoms with van der Waals surface area (Å²) in [5.74, 6) is -0.135. The maximum absolute atomic E-state index is 12.0. The Morgan fingerprint density at radius 3 is 2.82 bits per heavy atom. The van der Waals surface area contributed by atoms with E-state index >= 15 is 0 Å². The van der Waals surface area contributed by atoms with E-state index in [4.69, 9.17) is 9.84 Å². The molecule has 0 atom stereocenters. The largest absolute Gasteiger partial charge is 0.385 e. The molecule has 2 aromatic heterocycles. The minimum absolute atomic E-state index is 0.135. The zero-order valence-corrected chi connectivity index (χ0v) is 15.9. The van der Waals surface area contributed by atoms with Crippen molar-refractivity contribution < 1.29 is 9.53 Å². The maximum Gasteiger partial charge on any atom is 0.244 e. The summed E-state index contributed by atoms with van der Waals surface area (Å²) in [6.07, 6.45) is 9.57. The Morgan fingerprint density at radius 2 is 2.07 bits per heavy atom. The number of hydrogen-bond donors (Lipinski definition) is 1. The van der Waals surface area contributed by atoms with Gasteiger partial charge in [-0.1, -0.05) is 30.3 Å². The molecule has 3 aromatic rings. The minimum atomic E-state index is -0.135. The van der Waals surface area contributed by atoms with Gasteiger partial charge in [-0.25, -0.2) is 0 Å². The zero-order chi connectivity index (χ0) is 19.6. The quantitative estimate of drug-likeness (QED) is 0.460. The summed E-state index contributed by atoms with van der Waals surface area (Å²) in [5, 5.41) is 7.57. The average Bonchev–Trinajstić information content (AvgIpc) is 3.14. The van der Waals surface area contributed by atoms with Gasteiger partial charge >= 0.3 is 0 Å². The third kappa shape index (κ3) is 5.62. The van der Waals surface area contributed by atoms with E-state index < -0.39 is 0 Å². The van der Waals surface area contributed by atoms with Gasteiger partial charge in [0.1, 0.15) is 5.69 Å². The first kappa shape index (κ1) is 19.5. The number of methoxy groups -OCH3 is 1. The normalized spacial score (nSPS) is 11.0. The molecule has 2 heterocycles. The zero-order valence-electron chi connectivity index (χ0n) is 15.9. The summed E-state index contributed by atoms with van der Waals surface area (Å²) >= 11 is 0. The van der Waals surface area contributed by atoms with Crippen molar-refractivity contribution in [2.75, 3.05) is 20.3 Å². The van der Waals surface area contributed by atoms with Crippen LogP contribution in [0.4, 0.5) is 0 Å². The lowest BCUT2D eigenvalue weighted by Crippen LogP contribution is -2.22. The highest BCUT2D eigenvalue weighted by Crippen LogP contribution is 2.22. The molecule has 0 saturated carbocycles. The second kappa shape index (κ2) is 10.2.